The van der Waals surface area contributed by atoms with Crippen molar-refractivity contribution >= 4 is 65.7 Å². The molecule has 0 aliphatic rings. The van der Waals surface area contributed by atoms with Gasteiger partial charge in [0.15, 0.2) is 17.5 Å². The maximum absolute atomic E-state index is 6.55. The van der Waals surface area contributed by atoms with Crippen LogP contribution >= 0.6 is 0 Å². The molecule has 8 aromatic carbocycles. The Balaban J connectivity index is 1.15. The summed E-state index contributed by atoms with van der Waals surface area (Å²) in [7, 11) is 0. The predicted octanol–water partition coefficient (Wildman–Crippen LogP) is 13.4. The smallest absolute Gasteiger partial charge is 0.167 e. The van der Waals surface area contributed by atoms with Crippen molar-refractivity contribution in [3.8, 4) is 51.0 Å². The van der Waals surface area contributed by atoms with Gasteiger partial charge in [-0.15, -0.1) is 0 Å². The van der Waals surface area contributed by atoms with E-state index in [9.17, 15) is 0 Å². The summed E-state index contributed by atoms with van der Waals surface area (Å²) < 4.78 is 15.2. The second-order valence-corrected chi connectivity index (χ2v) is 14.3. The third kappa shape index (κ3) is 4.87. The van der Waals surface area contributed by atoms with Gasteiger partial charge in [-0.1, -0.05) is 133 Å². The van der Waals surface area contributed by atoms with Crippen LogP contribution in [0.4, 0.5) is 0 Å². The number of furan rings is 2. The zero-order valence-corrected chi connectivity index (χ0v) is 30.4. The topological polar surface area (TPSA) is 69.9 Å². The molecule has 57 heavy (non-hydrogen) atoms. The van der Waals surface area contributed by atoms with Crippen LogP contribution in [0.25, 0.3) is 117 Å². The zero-order chi connectivity index (χ0) is 37.5. The lowest BCUT2D eigenvalue weighted by Crippen LogP contribution is -2.01. The Morgan fingerprint density at radius 1 is 0.351 bits per heavy atom. The Labute approximate surface area is 325 Å². The van der Waals surface area contributed by atoms with Crippen molar-refractivity contribution in [3.05, 3.63) is 182 Å². The summed E-state index contributed by atoms with van der Waals surface area (Å²) in [5, 5.41) is 6.21. The summed E-state index contributed by atoms with van der Waals surface area (Å²) in [5.41, 5.74) is 11.3. The highest BCUT2D eigenvalue weighted by molar-refractivity contribution is 6.16. The predicted molar refractivity (Wildman–Crippen MR) is 230 cm³/mol. The van der Waals surface area contributed by atoms with Crippen LogP contribution < -0.4 is 0 Å². The van der Waals surface area contributed by atoms with E-state index >= 15 is 0 Å². The minimum Gasteiger partial charge on any atom is -0.456 e. The minimum atomic E-state index is 0.528. The van der Waals surface area contributed by atoms with Crippen LogP contribution in [0.1, 0.15) is 0 Å². The molecule has 0 saturated carbocycles. The highest BCUT2D eigenvalue weighted by Gasteiger charge is 2.23. The summed E-state index contributed by atoms with van der Waals surface area (Å²) in [6.45, 7) is 0. The first-order valence-corrected chi connectivity index (χ1v) is 19.0. The first-order chi connectivity index (χ1) is 28.3. The molecule has 12 rings (SSSR count). The number of para-hydroxylation sites is 4. The number of benzene rings is 8. The number of hydrogen-bond acceptors (Lipinski definition) is 5. The average molecular weight is 731 g/mol. The normalized spacial score (nSPS) is 11.9. The van der Waals surface area contributed by atoms with Crippen molar-refractivity contribution in [1.82, 2.24) is 19.5 Å². The van der Waals surface area contributed by atoms with Crippen LogP contribution in [0.3, 0.4) is 0 Å². The van der Waals surface area contributed by atoms with Gasteiger partial charge < -0.3 is 13.4 Å². The van der Waals surface area contributed by atoms with E-state index in [2.05, 4.69) is 126 Å². The SMILES string of the molecule is c1ccc(-c2cccc(-n3c4ccccc4c4c(-c5nc(-c6cccc7c6oc6ccccc67)nc(-c6cccc7oc8ccccc8c67)n5)cccc43)c2)cc1. The second kappa shape index (κ2) is 12.3. The Morgan fingerprint density at radius 3 is 1.72 bits per heavy atom. The van der Waals surface area contributed by atoms with E-state index in [1.165, 1.54) is 5.56 Å². The molecule has 266 valence electrons. The van der Waals surface area contributed by atoms with Gasteiger partial charge in [0, 0.05) is 49.1 Å². The fourth-order valence-electron chi connectivity index (χ4n) is 8.56. The number of rotatable bonds is 5. The Bertz CT molecular complexity index is 3540. The fourth-order valence-corrected chi connectivity index (χ4v) is 8.56. The standard InChI is InChI=1S/C51H30N4O2/c1-2-14-31(15-3-1)32-16-10-17-33(30-32)55-41-25-7-4-19-36(41)46-38(22-12-26-42(46)55)49-52-50(39-23-13-29-45-47(39)37-20-6-9-28-44(37)56-45)54-51(53-49)40-24-11-21-35-34-18-5-8-27-43(34)57-48(35)40/h1-30H. The Morgan fingerprint density at radius 2 is 0.895 bits per heavy atom. The van der Waals surface area contributed by atoms with Crippen LogP contribution in [0, 0.1) is 0 Å². The molecule has 0 atom stereocenters. The van der Waals surface area contributed by atoms with Gasteiger partial charge in [0.25, 0.3) is 0 Å². The highest BCUT2D eigenvalue weighted by atomic mass is 16.3. The molecule has 0 saturated heterocycles. The lowest BCUT2D eigenvalue weighted by molar-refractivity contribution is 0.668. The third-order valence-corrected chi connectivity index (χ3v) is 11.1. The number of nitrogens with zero attached hydrogens (tertiary/aromatic N) is 4. The van der Waals surface area contributed by atoms with E-state index in [1.54, 1.807) is 0 Å². The largest absolute Gasteiger partial charge is 0.456 e. The van der Waals surface area contributed by atoms with E-state index in [-0.39, 0.29) is 0 Å². The van der Waals surface area contributed by atoms with Crippen LogP contribution in [0.2, 0.25) is 0 Å². The molecule has 0 spiro atoms. The van der Waals surface area contributed by atoms with Crippen molar-refractivity contribution in [2.24, 2.45) is 0 Å². The molecule has 12 aromatic rings. The average Bonchev–Trinajstić information content (AvgIpc) is 3.96. The molecule has 6 nitrogen and oxygen atoms in total. The van der Waals surface area contributed by atoms with Crippen molar-refractivity contribution in [2.75, 3.05) is 0 Å². The van der Waals surface area contributed by atoms with Gasteiger partial charge in [0.05, 0.1) is 16.6 Å². The van der Waals surface area contributed by atoms with Crippen LogP contribution in [0.15, 0.2) is 191 Å². The lowest BCUT2D eigenvalue weighted by Gasteiger charge is -2.12. The Kier molecular flexibility index (Phi) is 6.83. The fraction of sp³-hybridized carbons (Fsp3) is 0. The molecule has 0 aliphatic carbocycles. The maximum Gasteiger partial charge on any atom is 0.167 e. The Hall–Kier alpha value is -7.83. The van der Waals surface area contributed by atoms with Crippen LogP contribution in [-0.2, 0) is 0 Å². The zero-order valence-electron chi connectivity index (χ0n) is 30.4. The van der Waals surface area contributed by atoms with Gasteiger partial charge in [0.2, 0.25) is 0 Å². The van der Waals surface area contributed by atoms with E-state index in [4.69, 9.17) is 23.8 Å². The summed E-state index contributed by atoms with van der Waals surface area (Å²) in [4.78, 5) is 15.9. The molecule has 0 amide bonds. The van der Waals surface area contributed by atoms with Gasteiger partial charge in [-0.2, -0.15) is 0 Å². The van der Waals surface area contributed by atoms with E-state index < -0.39 is 0 Å². The van der Waals surface area contributed by atoms with Gasteiger partial charge in [0.1, 0.15) is 22.3 Å². The molecule has 4 heterocycles. The van der Waals surface area contributed by atoms with Crippen molar-refractivity contribution in [2.45, 2.75) is 0 Å². The van der Waals surface area contributed by atoms with Crippen molar-refractivity contribution in [3.63, 3.8) is 0 Å². The first kappa shape index (κ1) is 31.5. The van der Waals surface area contributed by atoms with Gasteiger partial charge >= 0.3 is 0 Å². The van der Waals surface area contributed by atoms with Crippen LogP contribution in [0.5, 0.6) is 0 Å². The maximum atomic E-state index is 6.55. The van der Waals surface area contributed by atoms with Gasteiger partial charge in [-0.3, -0.25) is 0 Å². The number of hydrogen-bond donors (Lipinski definition) is 0. The summed E-state index contributed by atoms with van der Waals surface area (Å²) >= 11 is 0. The molecule has 0 bridgehead atoms. The molecule has 0 unspecified atom stereocenters. The minimum absolute atomic E-state index is 0.528. The first-order valence-electron chi connectivity index (χ1n) is 19.0. The van der Waals surface area contributed by atoms with E-state index in [1.807, 2.05) is 60.7 Å². The molecule has 6 heteroatoms. The van der Waals surface area contributed by atoms with E-state index in [0.29, 0.717) is 17.5 Å². The molecule has 0 radical (unpaired) electrons. The van der Waals surface area contributed by atoms with E-state index in [0.717, 1.165) is 93.6 Å². The molecular formula is C51H30N4O2. The van der Waals surface area contributed by atoms with Gasteiger partial charge in [-0.05, 0) is 59.7 Å². The molecular weight excluding hydrogens is 701 g/mol. The molecule has 0 fully saturated rings. The quantitative estimate of drug-likeness (QED) is 0.176. The van der Waals surface area contributed by atoms with Crippen molar-refractivity contribution < 1.29 is 8.83 Å². The van der Waals surface area contributed by atoms with Crippen LogP contribution in [-0.4, -0.2) is 19.5 Å². The molecule has 4 aromatic heterocycles. The lowest BCUT2D eigenvalue weighted by atomic mass is 10.0. The van der Waals surface area contributed by atoms with Crippen molar-refractivity contribution in [1.29, 1.82) is 0 Å². The monoisotopic (exact) mass is 730 g/mol. The number of aromatic nitrogens is 4. The second-order valence-electron chi connectivity index (χ2n) is 14.3. The summed E-state index contributed by atoms with van der Waals surface area (Å²) in [6.07, 6.45) is 0. The highest BCUT2D eigenvalue weighted by Crippen LogP contribution is 2.42. The third-order valence-electron chi connectivity index (χ3n) is 11.1. The summed E-state index contributed by atoms with van der Waals surface area (Å²) in [5.74, 6) is 1.65. The molecule has 0 aliphatic heterocycles. The number of fused-ring (bicyclic) bond motifs is 9. The summed E-state index contributed by atoms with van der Waals surface area (Å²) in [6, 6.07) is 62.7. The van der Waals surface area contributed by atoms with Gasteiger partial charge in [-0.25, -0.2) is 15.0 Å². The molecule has 0 N–H and O–H groups in total.